The molecule has 4 nitrogen and oxygen atoms in total. The zero-order chi connectivity index (χ0) is 13.1. The van der Waals surface area contributed by atoms with E-state index in [-0.39, 0.29) is 11.9 Å². The second kappa shape index (κ2) is 5.49. The van der Waals surface area contributed by atoms with Gasteiger partial charge in [-0.15, -0.1) is 11.3 Å². The summed E-state index contributed by atoms with van der Waals surface area (Å²) < 4.78 is 4.20. The highest BCUT2D eigenvalue weighted by atomic mass is 32.1. The van der Waals surface area contributed by atoms with E-state index in [9.17, 15) is 4.79 Å². The molecule has 2 aromatic rings. The summed E-state index contributed by atoms with van der Waals surface area (Å²) in [7, 11) is 1.80. The minimum Gasteiger partial charge on any atom is -0.378 e. The number of thiophene rings is 1. The number of aromatic nitrogens is 1. The molecular formula is C12H15N3OS2. The van der Waals surface area contributed by atoms with E-state index in [1.165, 1.54) is 11.5 Å². The van der Waals surface area contributed by atoms with Gasteiger partial charge in [0, 0.05) is 11.9 Å². The van der Waals surface area contributed by atoms with Crippen LogP contribution in [0.2, 0.25) is 0 Å². The van der Waals surface area contributed by atoms with Crippen molar-refractivity contribution in [2.45, 2.75) is 19.9 Å². The number of hydrogen-bond acceptors (Lipinski definition) is 5. The maximum atomic E-state index is 12.2. The summed E-state index contributed by atoms with van der Waals surface area (Å²) in [6, 6.07) is 4.02. The van der Waals surface area contributed by atoms with Crippen molar-refractivity contribution in [3.63, 3.8) is 0 Å². The van der Waals surface area contributed by atoms with Gasteiger partial charge in [0.25, 0.3) is 5.91 Å². The second-order valence-corrected chi connectivity index (χ2v) is 5.69. The van der Waals surface area contributed by atoms with Gasteiger partial charge in [-0.05, 0) is 36.8 Å². The van der Waals surface area contributed by atoms with Gasteiger partial charge in [0.05, 0.1) is 17.3 Å². The number of carbonyl (C=O) groups is 1. The Kier molecular flexibility index (Phi) is 3.98. The van der Waals surface area contributed by atoms with Crippen molar-refractivity contribution in [3.8, 4) is 0 Å². The summed E-state index contributed by atoms with van der Waals surface area (Å²) >= 11 is 2.95. The van der Waals surface area contributed by atoms with Crippen LogP contribution in [0.15, 0.2) is 17.5 Å². The zero-order valence-electron chi connectivity index (χ0n) is 10.5. The van der Waals surface area contributed by atoms with Gasteiger partial charge < -0.3 is 10.6 Å². The molecule has 0 aliphatic heterocycles. The zero-order valence-corrected chi connectivity index (χ0v) is 12.1. The van der Waals surface area contributed by atoms with Crippen molar-refractivity contribution in [1.29, 1.82) is 0 Å². The number of anilines is 1. The van der Waals surface area contributed by atoms with E-state index in [2.05, 4.69) is 15.0 Å². The molecule has 6 heteroatoms. The molecule has 2 aromatic heterocycles. The Labute approximate surface area is 114 Å². The van der Waals surface area contributed by atoms with Crippen molar-refractivity contribution in [1.82, 2.24) is 9.69 Å². The largest absolute Gasteiger partial charge is 0.378 e. The lowest BCUT2D eigenvalue weighted by atomic mass is 10.2. The normalized spacial score (nSPS) is 12.2. The van der Waals surface area contributed by atoms with Crippen molar-refractivity contribution < 1.29 is 4.79 Å². The molecule has 0 aromatic carbocycles. The third-order valence-electron chi connectivity index (χ3n) is 2.63. The molecule has 0 saturated heterocycles. The van der Waals surface area contributed by atoms with Crippen LogP contribution >= 0.6 is 22.9 Å². The Hall–Kier alpha value is -1.40. The minimum atomic E-state index is -0.0773. The molecule has 0 aliphatic rings. The molecule has 0 fully saturated rings. The minimum absolute atomic E-state index is 0.0153. The molecule has 2 N–H and O–H groups in total. The number of amides is 1. The summed E-state index contributed by atoms with van der Waals surface area (Å²) in [5, 5.41) is 8.82. The lowest BCUT2D eigenvalue weighted by Gasteiger charge is -2.12. The molecule has 18 heavy (non-hydrogen) atoms. The van der Waals surface area contributed by atoms with Crippen LogP contribution in [0.25, 0.3) is 0 Å². The van der Waals surface area contributed by atoms with Crippen LogP contribution in [0.5, 0.6) is 0 Å². The molecule has 0 unspecified atom stereocenters. The van der Waals surface area contributed by atoms with Crippen LogP contribution in [0.1, 0.15) is 33.9 Å². The van der Waals surface area contributed by atoms with Crippen LogP contribution in [0.3, 0.4) is 0 Å². The number of nitrogens with one attached hydrogen (secondary N) is 2. The molecule has 0 saturated carbocycles. The predicted octanol–water partition coefficient (Wildman–Crippen LogP) is 3.05. The average molecular weight is 281 g/mol. The fraction of sp³-hybridized carbons (Fsp3) is 0.333. The molecule has 0 radical (unpaired) electrons. The van der Waals surface area contributed by atoms with E-state index >= 15 is 0 Å². The highest BCUT2D eigenvalue weighted by molar-refractivity contribution is 7.10. The van der Waals surface area contributed by atoms with Crippen LogP contribution in [0, 0.1) is 6.92 Å². The van der Waals surface area contributed by atoms with Crippen LogP contribution < -0.4 is 10.6 Å². The van der Waals surface area contributed by atoms with Crippen molar-refractivity contribution in [2.75, 3.05) is 12.4 Å². The van der Waals surface area contributed by atoms with Gasteiger partial charge in [-0.25, -0.2) is 0 Å². The maximum absolute atomic E-state index is 12.2. The molecule has 1 amide bonds. The van der Waals surface area contributed by atoms with E-state index in [0.29, 0.717) is 5.56 Å². The Morgan fingerprint density at radius 2 is 2.28 bits per heavy atom. The fourth-order valence-electron chi connectivity index (χ4n) is 1.69. The van der Waals surface area contributed by atoms with Gasteiger partial charge in [0.1, 0.15) is 5.00 Å². The summed E-state index contributed by atoms with van der Waals surface area (Å²) in [5.41, 5.74) is 1.41. The van der Waals surface area contributed by atoms with Crippen molar-refractivity contribution >= 4 is 33.8 Å². The van der Waals surface area contributed by atoms with Gasteiger partial charge in [0.2, 0.25) is 0 Å². The SMILES string of the molecule is CNc1snc(C)c1C(=O)N[C@H](C)c1cccs1. The Bertz CT molecular complexity index is 534. The molecule has 0 spiro atoms. The van der Waals surface area contributed by atoms with E-state index in [0.717, 1.165) is 15.6 Å². The van der Waals surface area contributed by atoms with Crippen molar-refractivity contribution in [2.24, 2.45) is 0 Å². The Morgan fingerprint density at radius 1 is 1.50 bits per heavy atom. The number of rotatable bonds is 4. The smallest absolute Gasteiger partial charge is 0.256 e. The second-order valence-electron chi connectivity index (χ2n) is 3.93. The predicted molar refractivity (Wildman–Crippen MR) is 76.6 cm³/mol. The molecule has 2 rings (SSSR count). The third kappa shape index (κ3) is 2.54. The number of carbonyl (C=O) groups excluding carboxylic acids is 1. The molecule has 0 aliphatic carbocycles. The summed E-state index contributed by atoms with van der Waals surface area (Å²) in [6.07, 6.45) is 0. The maximum Gasteiger partial charge on any atom is 0.256 e. The number of aryl methyl sites for hydroxylation is 1. The fourth-order valence-corrected chi connectivity index (χ4v) is 3.16. The molecule has 96 valence electrons. The van der Waals surface area contributed by atoms with E-state index in [4.69, 9.17) is 0 Å². The van der Waals surface area contributed by atoms with Gasteiger partial charge in [-0.2, -0.15) is 4.37 Å². The molecular weight excluding hydrogens is 266 g/mol. The third-order valence-corrected chi connectivity index (χ3v) is 4.65. The van der Waals surface area contributed by atoms with Crippen LogP contribution in [0.4, 0.5) is 5.00 Å². The molecule has 0 bridgehead atoms. The molecule has 2 heterocycles. The summed E-state index contributed by atoms with van der Waals surface area (Å²) in [6.45, 7) is 3.83. The van der Waals surface area contributed by atoms with Crippen LogP contribution in [-0.4, -0.2) is 17.3 Å². The van der Waals surface area contributed by atoms with Gasteiger partial charge >= 0.3 is 0 Å². The monoisotopic (exact) mass is 281 g/mol. The van der Waals surface area contributed by atoms with E-state index < -0.39 is 0 Å². The first-order valence-electron chi connectivity index (χ1n) is 5.61. The first kappa shape index (κ1) is 13.0. The highest BCUT2D eigenvalue weighted by Crippen LogP contribution is 2.25. The highest BCUT2D eigenvalue weighted by Gasteiger charge is 2.19. The molecule has 1 atom stereocenters. The number of nitrogens with zero attached hydrogens (tertiary/aromatic N) is 1. The van der Waals surface area contributed by atoms with Crippen LogP contribution in [-0.2, 0) is 0 Å². The number of hydrogen-bond donors (Lipinski definition) is 2. The Balaban J connectivity index is 2.15. The average Bonchev–Trinajstić information content (AvgIpc) is 2.97. The Morgan fingerprint density at radius 3 is 2.89 bits per heavy atom. The summed E-state index contributed by atoms with van der Waals surface area (Å²) in [4.78, 5) is 13.4. The van der Waals surface area contributed by atoms with Gasteiger partial charge in [-0.3, -0.25) is 4.79 Å². The quantitative estimate of drug-likeness (QED) is 0.905. The standard InChI is InChI=1S/C12H15N3OS2/c1-7(9-5-4-6-17-9)14-11(16)10-8(2)15-18-12(10)13-3/h4-7,13H,1-3H3,(H,14,16)/t7-/m1/s1. The lowest BCUT2D eigenvalue weighted by molar-refractivity contribution is 0.0941. The van der Waals surface area contributed by atoms with Gasteiger partial charge in [0.15, 0.2) is 0 Å². The van der Waals surface area contributed by atoms with Gasteiger partial charge in [-0.1, -0.05) is 6.07 Å². The first-order chi connectivity index (χ1) is 8.63. The first-order valence-corrected chi connectivity index (χ1v) is 7.27. The van der Waals surface area contributed by atoms with Crippen molar-refractivity contribution in [3.05, 3.63) is 33.6 Å². The summed E-state index contributed by atoms with van der Waals surface area (Å²) in [5.74, 6) is -0.0773. The topological polar surface area (TPSA) is 54.0 Å². The lowest BCUT2D eigenvalue weighted by Crippen LogP contribution is -2.26. The van der Waals surface area contributed by atoms with E-state index in [1.54, 1.807) is 18.4 Å². The van der Waals surface area contributed by atoms with E-state index in [1.807, 2.05) is 31.4 Å².